The van der Waals surface area contributed by atoms with Gasteiger partial charge in [0.1, 0.15) is 5.82 Å². The van der Waals surface area contributed by atoms with Crippen LogP contribution in [-0.4, -0.2) is 38.8 Å². The van der Waals surface area contributed by atoms with E-state index in [4.69, 9.17) is 9.90 Å². The SMILES string of the molecule is C=CCC(O)(CC=C)CNCc1cnc(CC)nc1.O=CO. The van der Waals surface area contributed by atoms with Crippen molar-refractivity contribution in [2.75, 3.05) is 6.54 Å². The Hall–Kier alpha value is -2.05. The third kappa shape index (κ3) is 8.28. The van der Waals surface area contributed by atoms with Crippen molar-refractivity contribution in [3.05, 3.63) is 49.1 Å². The van der Waals surface area contributed by atoms with E-state index >= 15 is 0 Å². The summed E-state index contributed by atoms with van der Waals surface area (Å²) in [6, 6.07) is 0. The zero-order valence-electron chi connectivity index (χ0n) is 13.0. The molecule has 0 amide bonds. The molecule has 0 fully saturated rings. The van der Waals surface area contributed by atoms with E-state index in [1.54, 1.807) is 12.2 Å². The van der Waals surface area contributed by atoms with Gasteiger partial charge in [-0.2, -0.15) is 0 Å². The molecule has 0 aliphatic rings. The summed E-state index contributed by atoms with van der Waals surface area (Å²) in [5, 5.41) is 20.4. The van der Waals surface area contributed by atoms with Crippen LogP contribution in [0.5, 0.6) is 0 Å². The first-order valence-corrected chi connectivity index (χ1v) is 7.07. The lowest BCUT2D eigenvalue weighted by molar-refractivity contribution is -0.122. The number of aryl methyl sites for hydroxylation is 1. The number of carboxylic acid groups (broad SMARTS) is 1. The molecule has 1 aromatic rings. The fourth-order valence-electron chi connectivity index (χ4n) is 1.86. The number of nitrogens with one attached hydrogen (secondary N) is 1. The van der Waals surface area contributed by atoms with Gasteiger partial charge in [0.2, 0.25) is 0 Å². The average molecular weight is 307 g/mol. The second kappa shape index (κ2) is 11.6. The summed E-state index contributed by atoms with van der Waals surface area (Å²) in [7, 11) is 0. The van der Waals surface area contributed by atoms with E-state index in [0.29, 0.717) is 25.9 Å². The lowest BCUT2D eigenvalue weighted by Crippen LogP contribution is -2.39. The minimum atomic E-state index is -0.812. The molecule has 6 heteroatoms. The van der Waals surface area contributed by atoms with Crippen molar-refractivity contribution in [1.29, 1.82) is 0 Å². The number of hydrogen-bond donors (Lipinski definition) is 3. The van der Waals surface area contributed by atoms with Crippen molar-refractivity contribution in [3.63, 3.8) is 0 Å². The highest BCUT2D eigenvalue weighted by molar-refractivity contribution is 5.32. The second-order valence-corrected chi connectivity index (χ2v) is 4.78. The molecular formula is C16H25N3O3. The predicted molar refractivity (Wildman–Crippen MR) is 86.4 cm³/mol. The van der Waals surface area contributed by atoms with Crippen molar-refractivity contribution >= 4 is 6.47 Å². The van der Waals surface area contributed by atoms with Gasteiger partial charge in [0.05, 0.1) is 5.60 Å². The summed E-state index contributed by atoms with van der Waals surface area (Å²) in [5.41, 5.74) is 0.199. The lowest BCUT2D eigenvalue weighted by atomic mass is 9.95. The zero-order chi connectivity index (χ0) is 16.8. The second-order valence-electron chi connectivity index (χ2n) is 4.78. The van der Waals surface area contributed by atoms with Crippen LogP contribution in [0, 0.1) is 0 Å². The van der Waals surface area contributed by atoms with Crippen LogP contribution < -0.4 is 5.32 Å². The first-order valence-electron chi connectivity index (χ1n) is 7.07. The smallest absolute Gasteiger partial charge is 0.290 e. The third-order valence-corrected chi connectivity index (χ3v) is 2.91. The van der Waals surface area contributed by atoms with Crippen LogP contribution >= 0.6 is 0 Å². The molecule has 1 rings (SSSR count). The Labute approximate surface area is 131 Å². The maximum Gasteiger partial charge on any atom is 0.290 e. The van der Waals surface area contributed by atoms with Crippen LogP contribution in [0.1, 0.15) is 31.2 Å². The van der Waals surface area contributed by atoms with Crippen LogP contribution in [0.3, 0.4) is 0 Å². The number of aliphatic hydroxyl groups is 1. The Morgan fingerprint density at radius 3 is 2.18 bits per heavy atom. The van der Waals surface area contributed by atoms with Gasteiger partial charge in [-0.25, -0.2) is 9.97 Å². The van der Waals surface area contributed by atoms with Gasteiger partial charge >= 0.3 is 0 Å². The summed E-state index contributed by atoms with van der Waals surface area (Å²) in [5.74, 6) is 0.846. The number of carbonyl (C=O) groups is 1. The molecule has 0 saturated heterocycles. The van der Waals surface area contributed by atoms with Crippen LogP contribution in [0.15, 0.2) is 37.7 Å². The van der Waals surface area contributed by atoms with Gasteiger partial charge in [-0.3, -0.25) is 4.79 Å². The Bertz CT molecular complexity index is 436. The van der Waals surface area contributed by atoms with E-state index in [-0.39, 0.29) is 6.47 Å². The summed E-state index contributed by atoms with van der Waals surface area (Å²) in [6.07, 6.45) is 9.01. The van der Waals surface area contributed by atoms with E-state index in [2.05, 4.69) is 28.4 Å². The quantitative estimate of drug-likeness (QED) is 0.475. The highest BCUT2D eigenvalue weighted by Crippen LogP contribution is 2.15. The van der Waals surface area contributed by atoms with Gasteiger partial charge in [0.15, 0.2) is 0 Å². The topological polar surface area (TPSA) is 95.3 Å². The van der Waals surface area contributed by atoms with Gasteiger partial charge in [-0.05, 0) is 12.8 Å². The zero-order valence-corrected chi connectivity index (χ0v) is 13.0. The van der Waals surface area contributed by atoms with Crippen LogP contribution in [-0.2, 0) is 17.8 Å². The van der Waals surface area contributed by atoms with Gasteiger partial charge < -0.3 is 15.5 Å². The predicted octanol–water partition coefficient (Wildman–Crippen LogP) is 1.71. The Kier molecular flexibility index (Phi) is 10.5. The summed E-state index contributed by atoms with van der Waals surface area (Å²) >= 11 is 0. The van der Waals surface area contributed by atoms with E-state index in [1.165, 1.54) is 0 Å². The number of hydrogen-bond acceptors (Lipinski definition) is 5. The highest BCUT2D eigenvalue weighted by atomic mass is 16.3. The lowest BCUT2D eigenvalue weighted by Gasteiger charge is -2.26. The Morgan fingerprint density at radius 1 is 1.27 bits per heavy atom. The first kappa shape index (κ1) is 19.9. The van der Waals surface area contributed by atoms with Gasteiger partial charge in [-0.15, -0.1) is 13.2 Å². The fraction of sp³-hybridized carbons (Fsp3) is 0.438. The number of aromatic nitrogens is 2. The first-order chi connectivity index (χ1) is 10.5. The van der Waals surface area contributed by atoms with Crippen molar-refractivity contribution in [1.82, 2.24) is 15.3 Å². The fourth-order valence-corrected chi connectivity index (χ4v) is 1.86. The Morgan fingerprint density at radius 2 is 1.77 bits per heavy atom. The van der Waals surface area contributed by atoms with Crippen molar-refractivity contribution in [2.24, 2.45) is 0 Å². The van der Waals surface area contributed by atoms with Gasteiger partial charge in [-0.1, -0.05) is 19.1 Å². The molecule has 3 N–H and O–H groups in total. The molecule has 122 valence electrons. The molecule has 22 heavy (non-hydrogen) atoms. The summed E-state index contributed by atoms with van der Waals surface area (Å²) < 4.78 is 0. The molecule has 0 spiro atoms. The number of rotatable bonds is 9. The van der Waals surface area contributed by atoms with Crippen molar-refractivity contribution < 1.29 is 15.0 Å². The maximum atomic E-state index is 10.3. The normalized spacial score (nSPS) is 10.3. The number of nitrogens with zero attached hydrogens (tertiary/aromatic N) is 2. The van der Waals surface area contributed by atoms with Gasteiger partial charge in [0, 0.05) is 37.5 Å². The summed E-state index contributed by atoms with van der Waals surface area (Å²) in [6.45, 7) is 10.2. The van der Waals surface area contributed by atoms with Crippen LogP contribution in [0.4, 0.5) is 0 Å². The maximum absolute atomic E-state index is 10.3. The molecule has 0 aliphatic heterocycles. The minimum Gasteiger partial charge on any atom is -0.483 e. The monoisotopic (exact) mass is 307 g/mol. The molecule has 0 saturated carbocycles. The molecule has 6 nitrogen and oxygen atoms in total. The minimum absolute atomic E-state index is 0.250. The highest BCUT2D eigenvalue weighted by Gasteiger charge is 2.22. The molecule has 0 unspecified atom stereocenters. The molecule has 0 bridgehead atoms. The third-order valence-electron chi connectivity index (χ3n) is 2.91. The van der Waals surface area contributed by atoms with Gasteiger partial charge in [0.25, 0.3) is 6.47 Å². The van der Waals surface area contributed by atoms with E-state index < -0.39 is 5.60 Å². The molecular weight excluding hydrogens is 282 g/mol. The van der Waals surface area contributed by atoms with Crippen molar-refractivity contribution in [2.45, 2.75) is 38.3 Å². The molecule has 0 aliphatic carbocycles. The molecule has 0 radical (unpaired) electrons. The largest absolute Gasteiger partial charge is 0.483 e. The van der Waals surface area contributed by atoms with E-state index in [0.717, 1.165) is 17.8 Å². The summed E-state index contributed by atoms with van der Waals surface area (Å²) in [4.78, 5) is 16.8. The van der Waals surface area contributed by atoms with Crippen molar-refractivity contribution in [3.8, 4) is 0 Å². The molecule has 0 atom stereocenters. The Balaban J connectivity index is 0.00000135. The molecule has 1 heterocycles. The van der Waals surface area contributed by atoms with E-state index in [1.807, 2.05) is 19.3 Å². The molecule has 1 aromatic heterocycles. The molecule has 0 aromatic carbocycles. The van der Waals surface area contributed by atoms with Crippen LogP contribution in [0.2, 0.25) is 0 Å². The van der Waals surface area contributed by atoms with Crippen LogP contribution in [0.25, 0.3) is 0 Å². The standard InChI is InChI=1S/C15H23N3O.CH2O2/c1-4-7-15(19,8-5-2)12-16-9-13-10-17-14(6-3)18-11-13;2-1-3/h4-5,10-11,16,19H,1-2,6-9,12H2,3H3;1H,(H,2,3). The average Bonchev–Trinajstić information content (AvgIpc) is 2.49. The van der Waals surface area contributed by atoms with E-state index in [9.17, 15) is 5.11 Å².